The Kier molecular flexibility index (Phi) is 7.18. The van der Waals surface area contributed by atoms with Crippen molar-refractivity contribution in [1.82, 2.24) is 19.3 Å². The molecule has 0 saturated carbocycles. The molecule has 0 fully saturated rings. The summed E-state index contributed by atoms with van der Waals surface area (Å²) in [7, 11) is 1.51. The Balaban J connectivity index is 1.74. The van der Waals surface area contributed by atoms with Gasteiger partial charge >= 0.3 is 5.69 Å². The summed E-state index contributed by atoms with van der Waals surface area (Å²) >= 11 is 0. The molecule has 0 bridgehead atoms. The minimum absolute atomic E-state index is 0.0152. The molecule has 9 nitrogen and oxygen atoms in total. The summed E-state index contributed by atoms with van der Waals surface area (Å²) in [5.74, 6) is -0.0707. The molecule has 10 heteroatoms. The average Bonchev–Trinajstić information content (AvgIpc) is 3.17. The molecule has 1 N–H and O–H groups in total. The van der Waals surface area contributed by atoms with E-state index in [1.54, 1.807) is 17.6 Å². The average molecular weight is 484 g/mol. The molecule has 3 aromatic rings. The van der Waals surface area contributed by atoms with Gasteiger partial charge in [-0.1, -0.05) is 13.3 Å². The van der Waals surface area contributed by atoms with Crippen molar-refractivity contribution in [3.8, 4) is 17.3 Å². The van der Waals surface area contributed by atoms with Crippen LogP contribution in [0.1, 0.15) is 61.3 Å². The summed E-state index contributed by atoms with van der Waals surface area (Å²) in [4.78, 5) is 30.2. The SMILES string of the molecule is CCC[C@H](C)Oc1cc(-n2nc3n(c2=O)CCCC3)c(F)cc1C(=O)Nc1cnc(OC)cc1C. The predicted octanol–water partition coefficient (Wildman–Crippen LogP) is 4.04. The van der Waals surface area contributed by atoms with Gasteiger partial charge in [0.05, 0.1) is 30.7 Å². The number of halogens is 1. The standard InChI is InChI=1S/C25H30FN5O4/c1-5-8-16(3)35-21-13-20(31-25(33)30-10-7-6-9-22(30)29-31)18(26)12-17(21)24(32)28-19-14-27-23(34-4)11-15(19)2/h11-14,16H,5-10H2,1-4H3,(H,28,32)/t16-/m0/s1. The topological polar surface area (TPSA) is 100 Å². The molecule has 1 aliphatic rings. The molecule has 0 radical (unpaired) electrons. The van der Waals surface area contributed by atoms with Gasteiger partial charge in [0, 0.05) is 25.1 Å². The minimum atomic E-state index is -0.743. The summed E-state index contributed by atoms with van der Waals surface area (Å²) in [6.45, 7) is 6.27. The lowest BCUT2D eigenvalue weighted by Crippen LogP contribution is -2.27. The number of pyridine rings is 1. The van der Waals surface area contributed by atoms with E-state index in [0.717, 1.165) is 42.0 Å². The lowest BCUT2D eigenvalue weighted by atomic mass is 10.1. The Hall–Kier alpha value is -3.69. The number of fused-ring (bicyclic) bond motifs is 1. The molecule has 35 heavy (non-hydrogen) atoms. The van der Waals surface area contributed by atoms with Crippen molar-refractivity contribution in [3.63, 3.8) is 0 Å². The van der Waals surface area contributed by atoms with E-state index in [0.29, 0.717) is 30.4 Å². The van der Waals surface area contributed by atoms with Crippen LogP contribution < -0.4 is 20.5 Å². The summed E-state index contributed by atoms with van der Waals surface area (Å²) in [5.41, 5.74) is 0.768. The molecule has 1 atom stereocenters. The van der Waals surface area contributed by atoms with E-state index in [1.165, 1.54) is 19.4 Å². The second-order valence-corrected chi connectivity index (χ2v) is 8.73. The van der Waals surface area contributed by atoms with Crippen LogP contribution in [0.3, 0.4) is 0 Å². The van der Waals surface area contributed by atoms with Crippen molar-refractivity contribution < 1.29 is 18.7 Å². The monoisotopic (exact) mass is 483 g/mol. The van der Waals surface area contributed by atoms with Crippen molar-refractivity contribution >= 4 is 11.6 Å². The van der Waals surface area contributed by atoms with E-state index in [1.807, 2.05) is 13.8 Å². The molecule has 1 amide bonds. The van der Waals surface area contributed by atoms with Gasteiger partial charge in [0.15, 0.2) is 0 Å². The number of hydrogen-bond acceptors (Lipinski definition) is 6. The van der Waals surface area contributed by atoms with Gasteiger partial charge in [-0.15, -0.1) is 5.10 Å². The molecule has 1 aromatic carbocycles. The van der Waals surface area contributed by atoms with E-state index in [9.17, 15) is 9.59 Å². The fourth-order valence-electron chi connectivity index (χ4n) is 4.18. The number of aryl methyl sites for hydroxylation is 2. The first kappa shape index (κ1) is 24.4. The number of methoxy groups -OCH3 is 1. The van der Waals surface area contributed by atoms with Crippen LogP contribution in [-0.2, 0) is 13.0 Å². The first-order valence-corrected chi connectivity index (χ1v) is 11.8. The number of carbonyl (C=O) groups is 1. The van der Waals surface area contributed by atoms with Crippen LogP contribution in [-0.4, -0.2) is 38.5 Å². The van der Waals surface area contributed by atoms with Gasteiger partial charge in [0.25, 0.3) is 5.91 Å². The highest BCUT2D eigenvalue weighted by Gasteiger charge is 2.24. The van der Waals surface area contributed by atoms with Crippen molar-refractivity contribution in [2.24, 2.45) is 0 Å². The quantitative estimate of drug-likeness (QED) is 0.519. The Morgan fingerprint density at radius 3 is 2.77 bits per heavy atom. The van der Waals surface area contributed by atoms with Crippen LogP contribution in [0.5, 0.6) is 11.6 Å². The van der Waals surface area contributed by atoms with Gasteiger partial charge in [-0.05, 0) is 44.7 Å². The zero-order valence-corrected chi connectivity index (χ0v) is 20.4. The highest BCUT2D eigenvalue weighted by Crippen LogP contribution is 2.29. The molecular formula is C25H30FN5O4. The Morgan fingerprint density at radius 2 is 2.09 bits per heavy atom. The van der Waals surface area contributed by atoms with E-state index in [2.05, 4.69) is 15.4 Å². The summed E-state index contributed by atoms with van der Waals surface area (Å²) < 4.78 is 29.1. The van der Waals surface area contributed by atoms with Gasteiger partial charge in [0.1, 0.15) is 23.1 Å². The number of aromatic nitrogens is 4. The van der Waals surface area contributed by atoms with Crippen molar-refractivity contribution in [3.05, 3.63) is 57.6 Å². The number of anilines is 1. The maximum atomic E-state index is 15.3. The van der Waals surface area contributed by atoms with E-state index in [-0.39, 0.29) is 23.1 Å². The number of ether oxygens (including phenoxy) is 2. The number of nitrogens with one attached hydrogen (secondary N) is 1. The number of rotatable bonds is 8. The molecule has 0 unspecified atom stereocenters. The molecule has 186 valence electrons. The highest BCUT2D eigenvalue weighted by atomic mass is 19.1. The van der Waals surface area contributed by atoms with Gasteiger partial charge in [0.2, 0.25) is 5.88 Å². The Morgan fingerprint density at radius 1 is 1.29 bits per heavy atom. The van der Waals surface area contributed by atoms with Gasteiger partial charge in [-0.25, -0.2) is 14.2 Å². The van der Waals surface area contributed by atoms with Crippen LogP contribution in [0.25, 0.3) is 5.69 Å². The van der Waals surface area contributed by atoms with E-state index < -0.39 is 17.4 Å². The molecule has 0 spiro atoms. The smallest absolute Gasteiger partial charge is 0.350 e. The van der Waals surface area contributed by atoms with Crippen LogP contribution in [0.15, 0.2) is 29.2 Å². The normalized spacial score (nSPS) is 13.7. The van der Waals surface area contributed by atoms with Crippen LogP contribution in [0.4, 0.5) is 10.1 Å². The fourth-order valence-corrected chi connectivity index (χ4v) is 4.18. The maximum Gasteiger partial charge on any atom is 0.350 e. The van der Waals surface area contributed by atoms with Gasteiger partial charge in [-0.3, -0.25) is 9.36 Å². The first-order valence-electron chi connectivity index (χ1n) is 11.8. The largest absolute Gasteiger partial charge is 0.490 e. The molecule has 0 aliphatic carbocycles. The van der Waals surface area contributed by atoms with E-state index in [4.69, 9.17) is 9.47 Å². The highest BCUT2D eigenvalue weighted by molar-refractivity contribution is 6.06. The predicted molar refractivity (Wildman–Crippen MR) is 129 cm³/mol. The third kappa shape index (κ3) is 5.06. The number of nitrogens with zero attached hydrogens (tertiary/aromatic N) is 4. The van der Waals surface area contributed by atoms with Gasteiger partial charge < -0.3 is 14.8 Å². The second-order valence-electron chi connectivity index (χ2n) is 8.73. The Labute approximate surface area is 202 Å². The molecule has 1 aliphatic heterocycles. The zero-order chi connectivity index (χ0) is 25.1. The second kappa shape index (κ2) is 10.3. The minimum Gasteiger partial charge on any atom is -0.490 e. The molecular weight excluding hydrogens is 453 g/mol. The number of carbonyl (C=O) groups excluding carboxylic acids is 1. The molecule has 2 aromatic heterocycles. The Bertz CT molecular complexity index is 1300. The third-order valence-electron chi connectivity index (χ3n) is 6.06. The number of amides is 1. The van der Waals surface area contributed by atoms with Crippen molar-refractivity contribution in [1.29, 1.82) is 0 Å². The fraction of sp³-hybridized carbons (Fsp3) is 0.440. The van der Waals surface area contributed by atoms with E-state index >= 15 is 4.39 Å². The lowest BCUT2D eigenvalue weighted by molar-refractivity contribution is 0.101. The molecule has 0 saturated heterocycles. The third-order valence-corrected chi connectivity index (χ3v) is 6.06. The van der Waals surface area contributed by atoms with Crippen molar-refractivity contribution in [2.45, 2.75) is 65.5 Å². The zero-order valence-electron chi connectivity index (χ0n) is 20.4. The number of hydrogen-bond donors (Lipinski definition) is 1. The lowest BCUT2D eigenvalue weighted by Gasteiger charge is -2.18. The van der Waals surface area contributed by atoms with Gasteiger partial charge in [-0.2, -0.15) is 4.68 Å². The maximum absolute atomic E-state index is 15.3. The molecule has 3 heterocycles. The van der Waals surface area contributed by atoms with Crippen LogP contribution >= 0.6 is 0 Å². The van der Waals surface area contributed by atoms with Crippen molar-refractivity contribution in [2.75, 3.05) is 12.4 Å². The van der Waals surface area contributed by atoms with Crippen LogP contribution in [0.2, 0.25) is 0 Å². The first-order chi connectivity index (χ1) is 16.8. The summed E-state index contributed by atoms with van der Waals surface area (Å²) in [6.07, 6.45) is 5.35. The molecule has 4 rings (SSSR count). The summed E-state index contributed by atoms with van der Waals surface area (Å²) in [5, 5.41) is 7.13. The van der Waals surface area contributed by atoms with Crippen LogP contribution in [0, 0.1) is 12.7 Å². The number of benzene rings is 1. The summed E-state index contributed by atoms with van der Waals surface area (Å²) in [6, 6.07) is 4.17.